The lowest BCUT2D eigenvalue weighted by atomic mass is 10.1. The Morgan fingerprint density at radius 2 is 2.12 bits per heavy atom. The largest absolute Gasteiger partial charge is 0.310 e. The van der Waals surface area contributed by atoms with E-state index < -0.39 is 0 Å². The number of amides is 1. The second kappa shape index (κ2) is 3.68. The van der Waals surface area contributed by atoms with Gasteiger partial charge in [0.1, 0.15) is 11.6 Å². The van der Waals surface area contributed by atoms with Crippen molar-refractivity contribution < 1.29 is 4.79 Å². The number of aromatic amines is 1. The van der Waals surface area contributed by atoms with E-state index in [1.165, 1.54) is 0 Å². The lowest BCUT2D eigenvalue weighted by Gasteiger charge is -2.27. The van der Waals surface area contributed by atoms with Crippen molar-refractivity contribution in [2.75, 3.05) is 4.90 Å². The van der Waals surface area contributed by atoms with E-state index in [0.29, 0.717) is 36.5 Å². The zero-order chi connectivity index (χ0) is 12.0. The molecule has 0 aromatic carbocycles. The fourth-order valence-electron chi connectivity index (χ4n) is 2.30. The molecule has 5 heteroatoms. The molecule has 0 atom stereocenters. The summed E-state index contributed by atoms with van der Waals surface area (Å²) >= 11 is 0. The van der Waals surface area contributed by atoms with Crippen LogP contribution < -0.4 is 10.5 Å². The summed E-state index contributed by atoms with van der Waals surface area (Å²) in [7, 11) is 0. The maximum atomic E-state index is 11.9. The van der Waals surface area contributed by atoms with E-state index in [2.05, 4.69) is 9.97 Å². The van der Waals surface area contributed by atoms with Crippen LogP contribution in [0.25, 0.3) is 0 Å². The Hall–Kier alpha value is -1.65. The van der Waals surface area contributed by atoms with Crippen molar-refractivity contribution >= 4 is 11.7 Å². The minimum Gasteiger partial charge on any atom is -0.310 e. The Kier molecular flexibility index (Phi) is 2.28. The number of fused-ring (bicyclic) bond motifs is 1. The highest BCUT2D eigenvalue weighted by atomic mass is 16.2. The van der Waals surface area contributed by atoms with Gasteiger partial charge in [0.2, 0.25) is 5.91 Å². The molecule has 3 rings (SSSR count). The van der Waals surface area contributed by atoms with Crippen molar-refractivity contribution in [3.05, 3.63) is 21.7 Å². The van der Waals surface area contributed by atoms with Gasteiger partial charge in [-0.1, -0.05) is 6.92 Å². The molecule has 1 amide bonds. The number of carbonyl (C=O) groups is 1. The SMILES string of the molecule is CCc1nc2c(c(=O)[nH]1)CCC(=O)N2C1CC1. The standard InChI is InChI=1S/C12H15N3O2/c1-2-9-13-11-8(12(17)14-9)5-6-10(16)15(11)7-3-4-7/h7H,2-6H2,1H3,(H,13,14,17). The van der Waals surface area contributed by atoms with E-state index in [4.69, 9.17) is 0 Å². The van der Waals surface area contributed by atoms with Crippen LogP contribution >= 0.6 is 0 Å². The van der Waals surface area contributed by atoms with Gasteiger partial charge in [0, 0.05) is 18.9 Å². The number of nitrogens with one attached hydrogen (secondary N) is 1. The molecule has 1 fully saturated rings. The molecule has 0 saturated heterocycles. The van der Waals surface area contributed by atoms with Crippen LogP contribution in [0, 0.1) is 0 Å². The molecule has 17 heavy (non-hydrogen) atoms. The van der Waals surface area contributed by atoms with Gasteiger partial charge >= 0.3 is 0 Å². The third kappa shape index (κ3) is 1.66. The highest BCUT2D eigenvalue weighted by Crippen LogP contribution is 2.35. The Morgan fingerprint density at radius 1 is 1.35 bits per heavy atom. The van der Waals surface area contributed by atoms with Crippen LogP contribution in [0.4, 0.5) is 5.82 Å². The van der Waals surface area contributed by atoms with Crippen LogP contribution in [-0.2, 0) is 17.6 Å². The smallest absolute Gasteiger partial charge is 0.256 e. The van der Waals surface area contributed by atoms with Crippen LogP contribution in [0.3, 0.4) is 0 Å². The van der Waals surface area contributed by atoms with Gasteiger partial charge in [-0.05, 0) is 19.3 Å². The number of hydrogen-bond acceptors (Lipinski definition) is 3. The molecular weight excluding hydrogens is 218 g/mol. The highest BCUT2D eigenvalue weighted by molar-refractivity contribution is 5.96. The van der Waals surface area contributed by atoms with Crippen LogP contribution in [0.15, 0.2) is 4.79 Å². The van der Waals surface area contributed by atoms with Gasteiger partial charge in [0.05, 0.1) is 5.56 Å². The van der Waals surface area contributed by atoms with Crippen molar-refractivity contribution in [3.63, 3.8) is 0 Å². The predicted molar refractivity (Wildman–Crippen MR) is 63.1 cm³/mol. The van der Waals surface area contributed by atoms with E-state index in [1.54, 1.807) is 4.90 Å². The summed E-state index contributed by atoms with van der Waals surface area (Å²) in [5.74, 6) is 1.39. The average molecular weight is 233 g/mol. The average Bonchev–Trinajstić information content (AvgIpc) is 3.12. The Balaban J connectivity index is 2.15. The Morgan fingerprint density at radius 3 is 2.76 bits per heavy atom. The van der Waals surface area contributed by atoms with E-state index in [0.717, 1.165) is 12.8 Å². The summed E-state index contributed by atoms with van der Waals surface area (Å²) in [6, 6.07) is 0.278. The topological polar surface area (TPSA) is 66.1 Å². The summed E-state index contributed by atoms with van der Waals surface area (Å²) in [5, 5.41) is 0. The zero-order valence-corrected chi connectivity index (χ0v) is 9.82. The predicted octanol–water partition coefficient (Wildman–Crippen LogP) is 0.774. The van der Waals surface area contributed by atoms with E-state index in [1.807, 2.05) is 6.92 Å². The number of carbonyl (C=O) groups excluding carboxylic acids is 1. The maximum Gasteiger partial charge on any atom is 0.256 e. The molecule has 2 aliphatic rings. The number of aryl methyl sites for hydroxylation is 1. The summed E-state index contributed by atoms with van der Waals surface area (Å²) in [4.78, 5) is 32.8. The van der Waals surface area contributed by atoms with Gasteiger partial charge in [0.15, 0.2) is 0 Å². The molecule has 1 aliphatic heterocycles. The highest BCUT2D eigenvalue weighted by Gasteiger charge is 2.38. The van der Waals surface area contributed by atoms with Crippen LogP contribution in [0.1, 0.15) is 37.6 Å². The monoisotopic (exact) mass is 233 g/mol. The van der Waals surface area contributed by atoms with Crippen LogP contribution in [-0.4, -0.2) is 21.9 Å². The number of anilines is 1. The Bertz CT molecular complexity index is 531. The molecule has 1 aromatic rings. The minimum atomic E-state index is -0.0787. The zero-order valence-electron chi connectivity index (χ0n) is 9.82. The first-order valence-corrected chi connectivity index (χ1v) is 6.15. The first-order chi connectivity index (χ1) is 8.20. The summed E-state index contributed by atoms with van der Waals surface area (Å²) in [6.07, 6.45) is 3.68. The number of aromatic nitrogens is 2. The molecule has 0 radical (unpaired) electrons. The number of rotatable bonds is 2. The molecule has 0 unspecified atom stereocenters. The second-order valence-corrected chi connectivity index (χ2v) is 4.66. The van der Waals surface area contributed by atoms with Crippen LogP contribution in [0.2, 0.25) is 0 Å². The van der Waals surface area contributed by atoms with Gasteiger partial charge in [-0.25, -0.2) is 4.98 Å². The van der Waals surface area contributed by atoms with Gasteiger partial charge in [0.25, 0.3) is 5.56 Å². The summed E-state index contributed by atoms with van der Waals surface area (Å²) < 4.78 is 0. The van der Waals surface area contributed by atoms with Gasteiger partial charge in [-0.2, -0.15) is 0 Å². The molecule has 1 aromatic heterocycles. The molecule has 0 bridgehead atoms. The van der Waals surface area contributed by atoms with Crippen molar-refractivity contribution in [2.24, 2.45) is 0 Å². The first-order valence-electron chi connectivity index (χ1n) is 6.15. The quantitative estimate of drug-likeness (QED) is 0.820. The number of hydrogen-bond donors (Lipinski definition) is 1. The van der Waals surface area contributed by atoms with Gasteiger partial charge in [-0.3, -0.25) is 14.5 Å². The fourth-order valence-corrected chi connectivity index (χ4v) is 2.30. The molecule has 5 nitrogen and oxygen atoms in total. The van der Waals surface area contributed by atoms with E-state index in [-0.39, 0.29) is 17.5 Å². The van der Waals surface area contributed by atoms with E-state index >= 15 is 0 Å². The molecule has 1 aliphatic carbocycles. The molecule has 1 saturated carbocycles. The fraction of sp³-hybridized carbons (Fsp3) is 0.583. The summed E-state index contributed by atoms with van der Waals surface area (Å²) in [5.41, 5.74) is 0.596. The lowest BCUT2D eigenvalue weighted by molar-refractivity contribution is -0.119. The van der Waals surface area contributed by atoms with Crippen molar-refractivity contribution in [2.45, 2.75) is 45.1 Å². The number of nitrogens with zero attached hydrogens (tertiary/aromatic N) is 2. The molecular formula is C12H15N3O2. The van der Waals surface area contributed by atoms with E-state index in [9.17, 15) is 9.59 Å². The first kappa shape index (κ1) is 10.5. The van der Waals surface area contributed by atoms with Crippen molar-refractivity contribution in [1.82, 2.24) is 9.97 Å². The van der Waals surface area contributed by atoms with Crippen LogP contribution in [0.5, 0.6) is 0 Å². The molecule has 1 N–H and O–H groups in total. The normalized spacial score (nSPS) is 19.4. The molecule has 0 spiro atoms. The van der Waals surface area contributed by atoms with Gasteiger partial charge in [-0.15, -0.1) is 0 Å². The Labute approximate surface area is 98.9 Å². The minimum absolute atomic E-state index is 0.0787. The second-order valence-electron chi connectivity index (χ2n) is 4.66. The molecule has 90 valence electrons. The van der Waals surface area contributed by atoms with Crippen molar-refractivity contribution in [3.8, 4) is 0 Å². The third-order valence-corrected chi connectivity index (χ3v) is 3.38. The van der Waals surface area contributed by atoms with Crippen molar-refractivity contribution in [1.29, 1.82) is 0 Å². The maximum absolute atomic E-state index is 11.9. The molecule has 2 heterocycles. The summed E-state index contributed by atoms with van der Waals surface area (Å²) in [6.45, 7) is 1.94. The third-order valence-electron chi connectivity index (χ3n) is 3.38. The lowest BCUT2D eigenvalue weighted by Crippen LogP contribution is -2.40. The van der Waals surface area contributed by atoms with Gasteiger partial charge < -0.3 is 4.98 Å². The number of H-pyrrole nitrogens is 1.